The first-order valence-electron chi connectivity index (χ1n) is 12.3. The number of ether oxygens (including phenoxy) is 2. The van der Waals surface area contributed by atoms with Gasteiger partial charge in [-0.1, -0.05) is 6.07 Å². The molecule has 0 saturated carbocycles. The number of hydrogen-bond acceptors (Lipinski definition) is 6. The van der Waals surface area contributed by atoms with Gasteiger partial charge in [0.25, 0.3) is 11.8 Å². The van der Waals surface area contributed by atoms with Crippen LogP contribution in [-0.4, -0.2) is 66.7 Å². The summed E-state index contributed by atoms with van der Waals surface area (Å²) in [4.78, 5) is 31.4. The van der Waals surface area contributed by atoms with E-state index in [2.05, 4.69) is 20.4 Å². The summed E-state index contributed by atoms with van der Waals surface area (Å²) in [6, 6.07) is 7.54. The lowest BCUT2D eigenvalue weighted by Gasteiger charge is -2.23. The summed E-state index contributed by atoms with van der Waals surface area (Å²) in [5, 5.41) is 6.36. The highest BCUT2D eigenvalue weighted by Crippen LogP contribution is 2.24. The largest absolute Gasteiger partial charge is 0.494 e. The van der Waals surface area contributed by atoms with Crippen LogP contribution in [0, 0.1) is 17.6 Å². The Kier molecular flexibility index (Phi) is 8.48. The van der Waals surface area contributed by atoms with Gasteiger partial charge in [-0.3, -0.25) is 14.6 Å². The monoisotopic (exact) mass is 502 g/mol. The van der Waals surface area contributed by atoms with Gasteiger partial charge >= 0.3 is 0 Å². The summed E-state index contributed by atoms with van der Waals surface area (Å²) in [5.74, 6) is -1.60. The van der Waals surface area contributed by atoms with Crippen LogP contribution in [-0.2, 0) is 9.53 Å². The smallest absolute Gasteiger partial charge is 0.272 e. The van der Waals surface area contributed by atoms with Crippen LogP contribution >= 0.6 is 0 Å². The molecule has 4 fully saturated rings. The third-order valence-corrected chi connectivity index (χ3v) is 6.73. The molecule has 4 atom stereocenters. The van der Waals surface area contributed by atoms with Crippen molar-refractivity contribution < 1.29 is 27.8 Å². The molecule has 4 aliphatic rings. The van der Waals surface area contributed by atoms with E-state index in [9.17, 15) is 18.4 Å². The maximum absolute atomic E-state index is 12.9. The number of aromatic nitrogens is 1. The molecule has 36 heavy (non-hydrogen) atoms. The van der Waals surface area contributed by atoms with Crippen LogP contribution in [0.4, 0.5) is 14.5 Å². The molecule has 3 unspecified atom stereocenters. The Hall–Kier alpha value is -3.11. The zero-order valence-electron chi connectivity index (χ0n) is 20.5. The van der Waals surface area contributed by atoms with E-state index >= 15 is 0 Å². The van der Waals surface area contributed by atoms with Crippen molar-refractivity contribution >= 4 is 17.5 Å². The van der Waals surface area contributed by atoms with E-state index in [4.69, 9.17) is 4.74 Å². The SMILES string of the molecule is CC1CCC(C(=O)Nc2ccnc(C(=O)N3CC4CC[C@@H](C3)NC4)c2)O1.COc1cccc(F)c1F. The molecule has 194 valence electrons. The molecule has 0 spiro atoms. The molecule has 6 rings (SSSR count). The summed E-state index contributed by atoms with van der Waals surface area (Å²) in [6.45, 7) is 4.45. The number of carbonyl (C=O) groups is 2. The van der Waals surface area contributed by atoms with Gasteiger partial charge in [0.2, 0.25) is 5.82 Å². The average molecular weight is 503 g/mol. The van der Waals surface area contributed by atoms with Gasteiger partial charge in [-0.2, -0.15) is 4.39 Å². The van der Waals surface area contributed by atoms with Gasteiger partial charge in [-0.05, 0) is 69.3 Å². The molecule has 2 aromatic rings. The van der Waals surface area contributed by atoms with Crippen LogP contribution in [0.3, 0.4) is 0 Å². The van der Waals surface area contributed by atoms with Crippen molar-refractivity contribution in [2.24, 2.45) is 5.92 Å². The second-order valence-electron chi connectivity index (χ2n) is 9.45. The molecular weight excluding hydrogens is 470 g/mol. The predicted molar refractivity (Wildman–Crippen MR) is 130 cm³/mol. The zero-order chi connectivity index (χ0) is 25.7. The first-order chi connectivity index (χ1) is 17.3. The van der Waals surface area contributed by atoms with Crippen molar-refractivity contribution in [2.45, 2.75) is 50.9 Å². The standard InChI is InChI=1S/C19H26N4O3.C7H6F2O/c1-12-2-5-17(26-12)18(24)22-14-6-7-20-16(8-14)19(25)23-10-13-3-4-15(11-23)21-9-13;1-10-6-4-2-3-5(8)7(6)9/h6-8,12-13,15,17,21H,2-5,9-11H2,1H3,(H,20,22,24);2-4H,1H3/t12?,13?,15-,17?;/m0./s1. The Morgan fingerprint density at radius 3 is 2.67 bits per heavy atom. The summed E-state index contributed by atoms with van der Waals surface area (Å²) in [6.07, 6.45) is 5.20. The second-order valence-corrected chi connectivity index (χ2v) is 9.45. The highest BCUT2D eigenvalue weighted by atomic mass is 19.2. The number of amides is 2. The molecule has 1 aromatic heterocycles. The fourth-order valence-electron chi connectivity index (χ4n) is 4.75. The summed E-state index contributed by atoms with van der Waals surface area (Å²) < 4.78 is 34.9. The van der Waals surface area contributed by atoms with Crippen LogP contribution in [0.15, 0.2) is 36.5 Å². The topological polar surface area (TPSA) is 92.8 Å². The molecule has 0 radical (unpaired) electrons. The van der Waals surface area contributed by atoms with E-state index in [1.165, 1.54) is 25.7 Å². The first-order valence-corrected chi connectivity index (χ1v) is 12.3. The molecule has 4 aliphatic heterocycles. The van der Waals surface area contributed by atoms with Crippen LogP contribution < -0.4 is 15.4 Å². The van der Waals surface area contributed by atoms with E-state index < -0.39 is 17.7 Å². The second kappa shape index (κ2) is 11.7. The van der Waals surface area contributed by atoms with Gasteiger partial charge in [0.15, 0.2) is 11.6 Å². The van der Waals surface area contributed by atoms with Gasteiger partial charge in [-0.15, -0.1) is 0 Å². The molecular formula is C26H32F2N4O4. The summed E-state index contributed by atoms with van der Waals surface area (Å²) in [5.41, 5.74) is 0.970. The predicted octanol–water partition coefficient (Wildman–Crippen LogP) is 3.39. The minimum absolute atomic E-state index is 0.0626. The highest BCUT2D eigenvalue weighted by molar-refractivity contribution is 5.97. The van der Waals surface area contributed by atoms with Gasteiger partial charge < -0.3 is 25.0 Å². The number of nitrogens with zero attached hydrogens (tertiary/aromatic N) is 2. The number of benzene rings is 1. The van der Waals surface area contributed by atoms with Gasteiger partial charge in [0.1, 0.15) is 11.8 Å². The highest BCUT2D eigenvalue weighted by Gasteiger charge is 2.32. The Balaban J connectivity index is 0.000000256. The Morgan fingerprint density at radius 2 is 2.00 bits per heavy atom. The summed E-state index contributed by atoms with van der Waals surface area (Å²) in [7, 11) is 1.29. The van der Waals surface area contributed by atoms with E-state index in [0.717, 1.165) is 45.0 Å². The molecule has 8 nitrogen and oxygen atoms in total. The molecule has 4 saturated heterocycles. The lowest BCUT2D eigenvalue weighted by molar-refractivity contribution is -0.126. The Morgan fingerprint density at radius 1 is 1.17 bits per heavy atom. The number of rotatable bonds is 4. The number of anilines is 1. The summed E-state index contributed by atoms with van der Waals surface area (Å²) >= 11 is 0. The first kappa shape index (κ1) is 26.0. The van der Waals surface area contributed by atoms with Crippen LogP contribution in [0.5, 0.6) is 5.75 Å². The van der Waals surface area contributed by atoms with Gasteiger partial charge in [-0.25, -0.2) is 4.39 Å². The molecule has 2 N–H and O–H groups in total. The lowest BCUT2D eigenvalue weighted by Crippen LogP contribution is -2.40. The fourth-order valence-corrected chi connectivity index (χ4v) is 4.75. The van der Waals surface area contributed by atoms with Crippen LogP contribution in [0.25, 0.3) is 0 Å². The minimum atomic E-state index is -0.940. The Bertz CT molecular complexity index is 1060. The lowest BCUT2D eigenvalue weighted by atomic mass is 9.97. The van der Waals surface area contributed by atoms with Gasteiger partial charge in [0, 0.05) is 31.0 Å². The number of fused-ring (bicyclic) bond motifs is 4. The minimum Gasteiger partial charge on any atom is -0.494 e. The van der Waals surface area contributed by atoms with Crippen LogP contribution in [0.1, 0.15) is 43.1 Å². The third kappa shape index (κ3) is 6.36. The van der Waals surface area contributed by atoms with E-state index in [1.807, 2.05) is 11.8 Å². The third-order valence-electron chi connectivity index (χ3n) is 6.73. The maximum Gasteiger partial charge on any atom is 0.272 e. The molecule has 10 heteroatoms. The number of methoxy groups -OCH3 is 1. The van der Waals surface area contributed by atoms with E-state index in [1.54, 1.807) is 18.3 Å². The molecule has 0 aliphatic carbocycles. The maximum atomic E-state index is 12.9. The van der Waals surface area contributed by atoms with Crippen molar-refractivity contribution in [3.05, 3.63) is 53.9 Å². The van der Waals surface area contributed by atoms with E-state index in [-0.39, 0.29) is 23.7 Å². The average Bonchev–Trinajstić information content (AvgIpc) is 3.10. The number of halogens is 2. The van der Waals surface area contributed by atoms with Crippen molar-refractivity contribution in [3.63, 3.8) is 0 Å². The van der Waals surface area contributed by atoms with Crippen molar-refractivity contribution in [2.75, 3.05) is 32.1 Å². The number of hydrogen-bond donors (Lipinski definition) is 2. The van der Waals surface area contributed by atoms with Crippen molar-refractivity contribution in [1.82, 2.24) is 15.2 Å². The molecule has 1 aromatic carbocycles. The quantitative estimate of drug-likeness (QED) is 0.666. The van der Waals surface area contributed by atoms with Crippen molar-refractivity contribution in [3.8, 4) is 5.75 Å². The fraction of sp³-hybridized carbons (Fsp3) is 0.500. The number of nitrogens with one attached hydrogen (secondary N) is 2. The number of carbonyl (C=O) groups excluding carboxylic acids is 2. The normalized spacial score (nSPS) is 24.9. The van der Waals surface area contributed by atoms with Crippen LogP contribution in [0.2, 0.25) is 0 Å². The molecule has 2 amide bonds. The number of pyridine rings is 1. The number of piperidine rings is 1. The van der Waals surface area contributed by atoms with E-state index in [0.29, 0.717) is 23.3 Å². The van der Waals surface area contributed by atoms with Crippen molar-refractivity contribution in [1.29, 1.82) is 0 Å². The Labute approximate surface area is 209 Å². The molecule has 2 bridgehead atoms. The van der Waals surface area contributed by atoms with Gasteiger partial charge in [0.05, 0.1) is 13.2 Å². The molecule has 5 heterocycles. The zero-order valence-corrected chi connectivity index (χ0v) is 20.5.